The summed E-state index contributed by atoms with van der Waals surface area (Å²) in [5, 5.41) is 14.0. The highest BCUT2D eigenvalue weighted by atomic mass is 19.4. The third kappa shape index (κ3) is 5.36. The van der Waals surface area contributed by atoms with Gasteiger partial charge in [0.05, 0.1) is 11.6 Å². The molecule has 1 aliphatic rings. The van der Waals surface area contributed by atoms with E-state index in [2.05, 4.69) is 30.6 Å². The minimum absolute atomic E-state index is 0.0362. The van der Waals surface area contributed by atoms with E-state index >= 15 is 0 Å². The Morgan fingerprint density at radius 3 is 2.57 bits per heavy atom. The van der Waals surface area contributed by atoms with Gasteiger partial charge < -0.3 is 10.1 Å². The van der Waals surface area contributed by atoms with Crippen LogP contribution in [0.15, 0.2) is 30.3 Å². The number of aromatic nitrogens is 5. The molecule has 1 aromatic carbocycles. The van der Waals surface area contributed by atoms with Crippen molar-refractivity contribution in [2.75, 3.05) is 11.9 Å². The number of amides is 2. The molecular weight excluding hydrogens is 474 g/mol. The van der Waals surface area contributed by atoms with Gasteiger partial charge in [-0.1, -0.05) is 6.07 Å². The Labute approximate surface area is 195 Å². The van der Waals surface area contributed by atoms with E-state index in [9.17, 15) is 27.2 Å². The lowest BCUT2D eigenvalue weighted by Gasteiger charge is -2.16. The van der Waals surface area contributed by atoms with Crippen LogP contribution in [0.5, 0.6) is 0 Å². The number of carbonyl (C=O) groups excluding carboxylic acids is 2. The molecule has 0 saturated heterocycles. The predicted molar refractivity (Wildman–Crippen MR) is 112 cm³/mol. The van der Waals surface area contributed by atoms with Crippen LogP contribution in [0.1, 0.15) is 41.4 Å². The quantitative estimate of drug-likeness (QED) is 0.539. The normalized spacial score (nSPS) is 13.2. The summed E-state index contributed by atoms with van der Waals surface area (Å²) in [6.45, 7) is 1.78. The second-order valence-corrected chi connectivity index (χ2v) is 8.03. The van der Waals surface area contributed by atoms with E-state index in [0.717, 1.165) is 11.0 Å². The van der Waals surface area contributed by atoms with E-state index in [1.165, 1.54) is 12.1 Å². The molecule has 3 heterocycles. The number of benzene rings is 1. The first-order valence-electron chi connectivity index (χ1n) is 10.4. The number of pyridine rings is 1. The molecule has 0 atom stereocenters. The van der Waals surface area contributed by atoms with Gasteiger partial charge in [-0.3, -0.25) is 9.69 Å². The number of rotatable bonds is 5. The van der Waals surface area contributed by atoms with E-state index in [1.54, 1.807) is 16.8 Å². The molecule has 0 aliphatic carbocycles. The lowest BCUT2D eigenvalue weighted by Crippen LogP contribution is -2.30. The molecule has 0 radical (unpaired) electrons. The maximum absolute atomic E-state index is 14.7. The van der Waals surface area contributed by atoms with Gasteiger partial charge in [-0.2, -0.15) is 13.2 Å². The molecule has 0 unspecified atom stereocenters. The summed E-state index contributed by atoms with van der Waals surface area (Å²) in [6.07, 6.45) is -5.85. The average molecular weight is 493 g/mol. The standard InChI is InChI=1S/C21H19F4N7O3/c1-11(2)32-18(28-29-30-32)16-4-3-5-17(26-16)27-19(33)14-6-12-8-31(9-13(12)7-15(14)22)20(34)35-10-21(23,24)25/h3-7,11H,8-10H2,1-2H3,(H,26,27,33). The maximum atomic E-state index is 14.7. The minimum Gasteiger partial charge on any atom is -0.440 e. The van der Waals surface area contributed by atoms with Crippen molar-refractivity contribution in [1.82, 2.24) is 30.1 Å². The number of alkyl halides is 3. The molecule has 2 amide bonds. The van der Waals surface area contributed by atoms with E-state index in [-0.39, 0.29) is 30.5 Å². The third-order valence-electron chi connectivity index (χ3n) is 5.08. The molecule has 0 saturated carbocycles. The summed E-state index contributed by atoms with van der Waals surface area (Å²) < 4.78 is 57.4. The van der Waals surface area contributed by atoms with Crippen LogP contribution in [-0.2, 0) is 17.8 Å². The first kappa shape index (κ1) is 24.0. The number of nitrogens with one attached hydrogen (secondary N) is 1. The zero-order valence-corrected chi connectivity index (χ0v) is 18.5. The highest BCUT2D eigenvalue weighted by Crippen LogP contribution is 2.27. The van der Waals surface area contributed by atoms with Crippen LogP contribution in [0.4, 0.5) is 28.2 Å². The Bertz CT molecular complexity index is 1280. The highest BCUT2D eigenvalue weighted by Gasteiger charge is 2.33. The number of nitrogens with zero attached hydrogens (tertiary/aromatic N) is 6. The van der Waals surface area contributed by atoms with Gasteiger partial charge in [0, 0.05) is 13.1 Å². The summed E-state index contributed by atoms with van der Waals surface area (Å²) in [7, 11) is 0. The zero-order valence-electron chi connectivity index (χ0n) is 18.5. The molecule has 4 rings (SSSR count). The third-order valence-corrected chi connectivity index (χ3v) is 5.08. The van der Waals surface area contributed by atoms with Crippen LogP contribution in [0.25, 0.3) is 11.5 Å². The minimum atomic E-state index is -4.66. The van der Waals surface area contributed by atoms with Crippen LogP contribution in [0.2, 0.25) is 0 Å². The molecule has 0 bridgehead atoms. The van der Waals surface area contributed by atoms with Crippen LogP contribution in [-0.4, -0.2) is 54.9 Å². The largest absolute Gasteiger partial charge is 0.440 e. The summed E-state index contributed by atoms with van der Waals surface area (Å²) >= 11 is 0. The van der Waals surface area contributed by atoms with Crippen molar-refractivity contribution in [3.63, 3.8) is 0 Å². The van der Waals surface area contributed by atoms with Gasteiger partial charge in [-0.25, -0.2) is 18.9 Å². The smallest absolute Gasteiger partial charge is 0.422 e. The van der Waals surface area contributed by atoms with Crippen molar-refractivity contribution in [2.24, 2.45) is 0 Å². The Hall–Kier alpha value is -4.10. The summed E-state index contributed by atoms with van der Waals surface area (Å²) in [6, 6.07) is 7.08. The molecule has 10 nitrogen and oxygen atoms in total. The van der Waals surface area contributed by atoms with Gasteiger partial charge in [0.1, 0.15) is 17.3 Å². The Morgan fingerprint density at radius 2 is 1.89 bits per heavy atom. The van der Waals surface area contributed by atoms with Gasteiger partial charge in [0.25, 0.3) is 5.91 Å². The number of ether oxygens (including phenoxy) is 1. The van der Waals surface area contributed by atoms with E-state index in [4.69, 9.17) is 0 Å². The Kier molecular flexibility index (Phi) is 6.37. The lowest BCUT2D eigenvalue weighted by molar-refractivity contribution is -0.162. The molecule has 1 aliphatic heterocycles. The fourth-order valence-corrected chi connectivity index (χ4v) is 3.48. The van der Waals surface area contributed by atoms with Crippen LogP contribution in [0, 0.1) is 5.82 Å². The van der Waals surface area contributed by atoms with Gasteiger partial charge in [-0.15, -0.1) is 5.10 Å². The van der Waals surface area contributed by atoms with Crippen molar-refractivity contribution in [1.29, 1.82) is 0 Å². The van der Waals surface area contributed by atoms with Gasteiger partial charge >= 0.3 is 12.3 Å². The zero-order chi connectivity index (χ0) is 25.3. The summed E-state index contributed by atoms with van der Waals surface area (Å²) in [5.74, 6) is -1.14. The van der Waals surface area contributed by atoms with E-state index in [1.807, 2.05) is 13.8 Å². The van der Waals surface area contributed by atoms with Crippen molar-refractivity contribution >= 4 is 17.8 Å². The van der Waals surface area contributed by atoms with Crippen LogP contribution in [0.3, 0.4) is 0 Å². The first-order chi connectivity index (χ1) is 16.5. The SMILES string of the molecule is CC(C)n1nnnc1-c1cccc(NC(=O)c2cc3c(cc2F)CN(C(=O)OCC(F)(F)F)C3)n1. The van der Waals surface area contributed by atoms with Crippen molar-refractivity contribution < 1.29 is 31.9 Å². The van der Waals surface area contributed by atoms with Gasteiger partial charge in [-0.05, 0) is 59.7 Å². The molecule has 184 valence electrons. The second kappa shape index (κ2) is 9.27. The number of hydrogen-bond acceptors (Lipinski definition) is 7. The second-order valence-electron chi connectivity index (χ2n) is 8.03. The molecule has 14 heteroatoms. The molecule has 0 fully saturated rings. The topological polar surface area (TPSA) is 115 Å². The van der Waals surface area contributed by atoms with Crippen molar-refractivity contribution in [3.05, 3.63) is 52.8 Å². The average Bonchev–Trinajstić information content (AvgIpc) is 3.43. The number of halogens is 4. The number of tetrazole rings is 1. The van der Waals surface area contributed by atoms with Gasteiger partial charge in [0.15, 0.2) is 6.61 Å². The van der Waals surface area contributed by atoms with Crippen LogP contribution < -0.4 is 5.32 Å². The summed E-state index contributed by atoms with van der Waals surface area (Å²) in [4.78, 5) is 30.0. The predicted octanol–water partition coefficient (Wildman–Crippen LogP) is 3.72. The van der Waals surface area contributed by atoms with Crippen molar-refractivity contribution in [3.8, 4) is 11.5 Å². The fourth-order valence-electron chi connectivity index (χ4n) is 3.48. The van der Waals surface area contributed by atoms with Crippen molar-refractivity contribution in [2.45, 2.75) is 39.2 Å². The lowest BCUT2D eigenvalue weighted by atomic mass is 10.1. The number of carbonyl (C=O) groups is 2. The molecule has 35 heavy (non-hydrogen) atoms. The molecule has 0 spiro atoms. The Balaban J connectivity index is 1.49. The van der Waals surface area contributed by atoms with Gasteiger partial charge in [0.2, 0.25) is 5.82 Å². The first-order valence-corrected chi connectivity index (χ1v) is 10.4. The van der Waals surface area contributed by atoms with E-state index < -0.39 is 30.6 Å². The number of fused-ring (bicyclic) bond motifs is 1. The molecular formula is C21H19F4N7O3. The number of anilines is 1. The molecule has 2 aromatic heterocycles. The highest BCUT2D eigenvalue weighted by molar-refractivity contribution is 6.04. The fraction of sp³-hybridized carbons (Fsp3) is 0.333. The number of hydrogen-bond donors (Lipinski definition) is 1. The summed E-state index contributed by atoms with van der Waals surface area (Å²) in [5.41, 5.74) is 0.861. The molecule has 3 aromatic rings. The Morgan fingerprint density at radius 1 is 1.17 bits per heavy atom. The molecule has 1 N–H and O–H groups in total. The van der Waals surface area contributed by atoms with Crippen LogP contribution >= 0.6 is 0 Å². The maximum Gasteiger partial charge on any atom is 0.422 e. The monoisotopic (exact) mass is 493 g/mol. The van der Waals surface area contributed by atoms with E-state index in [0.29, 0.717) is 22.6 Å².